The van der Waals surface area contributed by atoms with Gasteiger partial charge in [-0.15, -0.1) is 0 Å². The van der Waals surface area contributed by atoms with Crippen LogP contribution in [0, 0.1) is 5.82 Å². The minimum Gasteiger partial charge on any atom is -0.348 e. The lowest BCUT2D eigenvalue weighted by molar-refractivity contribution is -0.116. The number of hydrogen-bond donors (Lipinski definition) is 1. The van der Waals surface area contributed by atoms with Crippen molar-refractivity contribution >= 4 is 39.9 Å². The minimum absolute atomic E-state index is 0.122. The molecule has 1 unspecified atom stereocenters. The molecule has 0 fully saturated rings. The summed E-state index contributed by atoms with van der Waals surface area (Å²) in [5.74, 6) is -1.22. The number of carbonyl (C=O) groups excluding carboxylic acids is 2. The van der Waals surface area contributed by atoms with Crippen LogP contribution in [0.15, 0.2) is 71.6 Å². The summed E-state index contributed by atoms with van der Waals surface area (Å²) in [5, 5.41) is 3.44. The molecule has 1 heterocycles. The average molecular weight is 457 g/mol. The molecule has 8 heteroatoms. The van der Waals surface area contributed by atoms with Gasteiger partial charge in [0.15, 0.2) is 0 Å². The number of halogens is 2. The zero-order valence-electron chi connectivity index (χ0n) is 16.3. The van der Waals surface area contributed by atoms with Gasteiger partial charge in [0.25, 0.3) is 5.91 Å². The Hall–Kier alpha value is -3.03. The fourth-order valence-corrected chi connectivity index (χ4v) is 4.63. The van der Waals surface area contributed by atoms with Crippen molar-refractivity contribution < 1.29 is 18.2 Å². The van der Waals surface area contributed by atoms with Gasteiger partial charge in [-0.2, -0.15) is 0 Å². The van der Waals surface area contributed by atoms with Crippen LogP contribution >= 0.6 is 11.6 Å². The summed E-state index contributed by atoms with van der Waals surface area (Å²) < 4.78 is 26.0. The second kappa shape index (κ2) is 8.99. The van der Waals surface area contributed by atoms with Crippen molar-refractivity contribution in [3.05, 3.63) is 94.3 Å². The Labute approximate surface area is 186 Å². The van der Waals surface area contributed by atoms with E-state index in [4.69, 9.17) is 11.6 Å². The molecule has 1 aliphatic rings. The highest BCUT2D eigenvalue weighted by Gasteiger charge is 2.30. The second-order valence-corrected chi connectivity index (χ2v) is 8.95. The summed E-state index contributed by atoms with van der Waals surface area (Å²) in [6.07, 6.45) is 0. The molecule has 1 atom stereocenters. The third-order valence-electron chi connectivity index (χ3n) is 4.91. The van der Waals surface area contributed by atoms with E-state index in [9.17, 15) is 18.2 Å². The largest absolute Gasteiger partial charge is 0.348 e. The third kappa shape index (κ3) is 4.84. The van der Waals surface area contributed by atoms with E-state index in [1.165, 1.54) is 17.0 Å². The molecule has 1 aliphatic heterocycles. The Bertz CT molecular complexity index is 1180. The maximum Gasteiger partial charge on any atom is 0.251 e. The zero-order valence-corrected chi connectivity index (χ0v) is 17.9. The SMILES string of the molecule is O=C(NCc1ccc(Cl)cc1)c1ccc2c(c1)N(Cc1cccc(F)c1)C(=O)CS2=O. The average Bonchev–Trinajstić information content (AvgIpc) is 2.75. The van der Waals surface area contributed by atoms with E-state index < -0.39 is 16.6 Å². The van der Waals surface area contributed by atoms with Gasteiger partial charge in [0, 0.05) is 17.1 Å². The van der Waals surface area contributed by atoms with Crippen LogP contribution < -0.4 is 10.2 Å². The molecule has 0 saturated carbocycles. The maximum atomic E-state index is 13.6. The molecule has 31 heavy (non-hydrogen) atoms. The molecule has 5 nitrogen and oxygen atoms in total. The van der Waals surface area contributed by atoms with Gasteiger partial charge >= 0.3 is 0 Å². The zero-order chi connectivity index (χ0) is 22.0. The van der Waals surface area contributed by atoms with Gasteiger partial charge in [0.2, 0.25) is 5.91 Å². The Morgan fingerprint density at radius 1 is 1.06 bits per heavy atom. The lowest BCUT2D eigenvalue weighted by Crippen LogP contribution is -2.38. The summed E-state index contributed by atoms with van der Waals surface area (Å²) in [4.78, 5) is 27.2. The standard InChI is InChI=1S/C23H18ClFN2O3S/c24-18-7-4-15(5-8-18)12-26-23(29)17-6-9-21-20(11-17)27(22(28)14-31(21)30)13-16-2-1-3-19(25)10-16/h1-11H,12-14H2,(H,26,29). The van der Waals surface area contributed by atoms with Gasteiger partial charge in [-0.1, -0.05) is 35.9 Å². The van der Waals surface area contributed by atoms with Gasteiger partial charge < -0.3 is 10.2 Å². The normalized spacial score (nSPS) is 15.5. The number of carbonyl (C=O) groups is 2. The highest BCUT2D eigenvalue weighted by molar-refractivity contribution is 7.86. The predicted molar refractivity (Wildman–Crippen MR) is 118 cm³/mol. The van der Waals surface area contributed by atoms with Crippen molar-refractivity contribution in [2.45, 2.75) is 18.0 Å². The Morgan fingerprint density at radius 2 is 1.84 bits per heavy atom. The molecule has 3 aromatic carbocycles. The number of rotatable bonds is 5. The molecule has 0 radical (unpaired) electrons. The van der Waals surface area contributed by atoms with Gasteiger partial charge in [-0.3, -0.25) is 13.8 Å². The van der Waals surface area contributed by atoms with E-state index in [0.29, 0.717) is 33.3 Å². The number of amides is 2. The van der Waals surface area contributed by atoms with E-state index in [0.717, 1.165) is 5.56 Å². The Balaban J connectivity index is 1.58. The van der Waals surface area contributed by atoms with Crippen LogP contribution in [-0.4, -0.2) is 21.8 Å². The van der Waals surface area contributed by atoms with Crippen LogP contribution in [0.3, 0.4) is 0 Å². The number of nitrogens with zero attached hydrogens (tertiary/aromatic N) is 1. The summed E-state index contributed by atoms with van der Waals surface area (Å²) >= 11 is 5.88. The summed E-state index contributed by atoms with van der Waals surface area (Å²) in [6, 6.07) is 17.8. The molecule has 0 spiro atoms. The number of hydrogen-bond acceptors (Lipinski definition) is 3. The molecular formula is C23H18ClFN2O3S. The lowest BCUT2D eigenvalue weighted by Gasteiger charge is -2.29. The third-order valence-corrected chi connectivity index (χ3v) is 6.51. The number of fused-ring (bicyclic) bond motifs is 1. The molecule has 0 aliphatic carbocycles. The van der Waals surface area contributed by atoms with E-state index in [1.807, 2.05) is 12.1 Å². The molecule has 0 bridgehead atoms. The first-order valence-corrected chi connectivity index (χ1v) is 11.2. The van der Waals surface area contributed by atoms with Crippen LogP contribution in [0.1, 0.15) is 21.5 Å². The second-order valence-electron chi connectivity index (χ2n) is 7.09. The van der Waals surface area contributed by atoms with Crippen LogP contribution in [0.2, 0.25) is 5.02 Å². The molecule has 0 saturated heterocycles. The quantitative estimate of drug-likeness (QED) is 0.629. The number of benzene rings is 3. The first-order chi connectivity index (χ1) is 14.9. The van der Waals surface area contributed by atoms with Gasteiger partial charge in [0.1, 0.15) is 11.6 Å². The van der Waals surface area contributed by atoms with E-state index in [1.54, 1.807) is 42.5 Å². The minimum atomic E-state index is -1.50. The monoisotopic (exact) mass is 456 g/mol. The molecule has 1 N–H and O–H groups in total. The number of anilines is 1. The predicted octanol–water partition coefficient (Wildman–Crippen LogP) is 4.06. The Kier molecular flexibility index (Phi) is 6.15. The smallest absolute Gasteiger partial charge is 0.251 e. The fraction of sp³-hybridized carbons (Fsp3) is 0.130. The fourth-order valence-electron chi connectivity index (χ4n) is 3.34. The van der Waals surface area contributed by atoms with Crippen molar-refractivity contribution in [1.82, 2.24) is 5.32 Å². The molecule has 0 aromatic heterocycles. The van der Waals surface area contributed by atoms with Crippen molar-refractivity contribution in [2.75, 3.05) is 10.7 Å². The van der Waals surface area contributed by atoms with Crippen molar-refractivity contribution in [3.63, 3.8) is 0 Å². The molecular weight excluding hydrogens is 439 g/mol. The molecule has 158 valence electrons. The molecule has 3 aromatic rings. The topological polar surface area (TPSA) is 66.5 Å². The van der Waals surface area contributed by atoms with Crippen molar-refractivity contribution in [1.29, 1.82) is 0 Å². The van der Waals surface area contributed by atoms with Crippen LogP contribution in [0.5, 0.6) is 0 Å². The highest BCUT2D eigenvalue weighted by atomic mass is 35.5. The summed E-state index contributed by atoms with van der Waals surface area (Å²) in [7, 11) is -1.50. The highest BCUT2D eigenvalue weighted by Crippen LogP contribution is 2.31. The molecule has 2 amide bonds. The lowest BCUT2D eigenvalue weighted by atomic mass is 10.1. The van der Waals surface area contributed by atoms with Crippen molar-refractivity contribution in [3.8, 4) is 0 Å². The van der Waals surface area contributed by atoms with E-state index in [2.05, 4.69) is 5.32 Å². The van der Waals surface area contributed by atoms with Crippen molar-refractivity contribution in [2.24, 2.45) is 0 Å². The maximum absolute atomic E-state index is 13.6. The Morgan fingerprint density at radius 3 is 2.58 bits per heavy atom. The van der Waals surface area contributed by atoms with Crippen LogP contribution in [0.4, 0.5) is 10.1 Å². The van der Waals surface area contributed by atoms with Crippen LogP contribution in [-0.2, 0) is 28.7 Å². The molecule has 4 rings (SSSR count). The van der Waals surface area contributed by atoms with Gasteiger partial charge in [0.05, 0.1) is 27.9 Å². The summed E-state index contributed by atoms with van der Waals surface area (Å²) in [5.41, 5.74) is 2.23. The van der Waals surface area contributed by atoms with E-state index in [-0.39, 0.29) is 24.1 Å². The van der Waals surface area contributed by atoms with Gasteiger partial charge in [-0.05, 0) is 53.6 Å². The van der Waals surface area contributed by atoms with Gasteiger partial charge in [-0.25, -0.2) is 4.39 Å². The number of nitrogens with one attached hydrogen (secondary N) is 1. The van der Waals surface area contributed by atoms with E-state index >= 15 is 0 Å². The first kappa shape index (κ1) is 21.2. The summed E-state index contributed by atoms with van der Waals surface area (Å²) in [6.45, 7) is 0.432. The first-order valence-electron chi connectivity index (χ1n) is 9.50. The van der Waals surface area contributed by atoms with Crippen LogP contribution in [0.25, 0.3) is 0 Å².